The number of anilines is 1. The van der Waals surface area contributed by atoms with Crippen molar-refractivity contribution in [3.63, 3.8) is 0 Å². The lowest BCUT2D eigenvalue weighted by molar-refractivity contribution is 0.372. The average molecular weight is 525 g/mol. The largest absolute Gasteiger partial charge is 0.301 e. The van der Waals surface area contributed by atoms with Crippen molar-refractivity contribution in [2.24, 2.45) is 7.05 Å². The van der Waals surface area contributed by atoms with Crippen LogP contribution in [0.25, 0.3) is 28.5 Å². The number of aromatic nitrogens is 5. The van der Waals surface area contributed by atoms with E-state index >= 15 is 0 Å². The first-order chi connectivity index (χ1) is 17.7. The summed E-state index contributed by atoms with van der Waals surface area (Å²) in [5.41, 5.74) is 3.99. The van der Waals surface area contributed by atoms with Crippen LogP contribution >= 0.6 is 0 Å². The molecule has 4 aromatic rings. The highest BCUT2D eigenvalue weighted by Gasteiger charge is 2.36. The van der Waals surface area contributed by atoms with Crippen molar-refractivity contribution in [2.45, 2.75) is 43.4 Å². The fourth-order valence-electron chi connectivity index (χ4n) is 4.92. The minimum absolute atomic E-state index is 0.0645. The summed E-state index contributed by atoms with van der Waals surface area (Å²) < 4.78 is 60.2. The maximum absolute atomic E-state index is 14.7. The van der Waals surface area contributed by atoms with Gasteiger partial charge in [-0.1, -0.05) is 13.0 Å². The highest BCUT2D eigenvalue weighted by Crippen LogP contribution is 2.40. The van der Waals surface area contributed by atoms with Crippen molar-refractivity contribution >= 4 is 21.8 Å². The molecule has 8 nitrogen and oxygen atoms in total. The standard InChI is InChI=1S/C26H26F2N6O2S/c1-15(23-14-33(2)31-23)24-4-3-5-25-21(13-30-34(24)25)16-8-17(26-22(28)11-18(27)12-29-26)10-19(9-16)32-37(35,36)20-6-7-20/h3,5,8-15,20,24,31-32H,4,6-7H2,1-2H3/t15-,24-/m1/s1. The Balaban J connectivity index is 1.44. The van der Waals surface area contributed by atoms with E-state index in [1.165, 1.54) is 6.07 Å². The first-order valence-corrected chi connectivity index (χ1v) is 13.7. The second-order valence-electron chi connectivity index (χ2n) is 9.82. The molecule has 1 aliphatic carbocycles. The van der Waals surface area contributed by atoms with E-state index in [-0.39, 0.29) is 17.7 Å². The van der Waals surface area contributed by atoms with Crippen molar-refractivity contribution in [2.75, 3.05) is 4.72 Å². The third-order valence-electron chi connectivity index (χ3n) is 7.06. The molecular formula is C26H26F2N6O2S. The van der Waals surface area contributed by atoms with Gasteiger partial charge < -0.3 is 5.10 Å². The zero-order valence-corrected chi connectivity index (χ0v) is 21.1. The molecule has 0 amide bonds. The Bertz CT molecular complexity index is 1620. The molecule has 1 saturated carbocycles. The van der Waals surface area contributed by atoms with Crippen molar-refractivity contribution in [3.8, 4) is 22.4 Å². The number of allylic oxidation sites excluding steroid dienone is 1. The summed E-state index contributed by atoms with van der Waals surface area (Å²) in [4.78, 5) is 3.94. The smallest absolute Gasteiger partial charge is 0.235 e. The molecule has 6 rings (SSSR count). The minimum atomic E-state index is -3.57. The Morgan fingerprint density at radius 1 is 1.14 bits per heavy atom. The van der Waals surface area contributed by atoms with Crippen LogP contribution in [0.1, 0.15) is 49.5 Å². The molecule has 11 heteroatoms. The molecule has 1 fully saturated rings. The van der Waals surface area contributed by atoms with Crippen LogP contribution in [0.4, 0.5) is 14.5 Å². The van der Waals surface area contributed by atoms with E-state index in [1.807, 2.05) is 22.5 Å². The van der Waals surface area contributed by atoms with Gasteiger partial charge in [-0.15, -0.1) is 0 Å². The number of sulfonamides is 1. The fraction of sp³-hybridized carbons (Fsp3) is 0.308. The quantitative estimate of drug-likeness (QED) is 0.346. The van der Waals surface area contributed by atoms with Crippen LogP contribution in [0.5, 0.6) is 0 Å². The second kappa shape index (κ2) is 8.69. The van der Waals surface area contributed by atoms with E-state index in [2.05, 4.69) is 39.1 Å². The molecule has 0 radical (unpaired) electrons. The van der Waals surface area contributed by atoms with Crippen molar-refractivity contribution < 1.29 is 17.2 Å². The number of nitrogens with one attached hydrogen (secondary N) is 2. The number of rotatable bonds is 7. The third-order valence-corrected chi connectivity index (χ3v) is 8.93. The highest BCUT2D eigenvalue weighted by molar-refractivity contribution is 7.93. The zero-order valence-electron chi connectivity index (χ0n) is 20.3. The first kappa shape index (κ1) is 23.7. The van der Waals surface area contributed by atoms with Crippen LogP contribution in [0.15, 0.2) is 48.9 Å². The number of hydrogen-bond acceptors (Lipinski definition) is 4. The van der Waals surface area contributed by atoms with Crippen molar-refractivity contribution in [1.29, 1.82) is 0 Å². The van der Waals surface area contributed by atoms with Crippen LogP contribution in [0.2, 0.25) is 0 Å². The van der Waals surface area contributed by atoms with Gasteiger partial charge in [0.25, 0.3) is 0 Å². The molecule has 2 atom stereocenters. The lowest BCUT2D eigenvalue weighted by Gasteiger charge is -2.29. The summed E-state index contributed by atoms with van der Waals surface area (Å²) in [5.74, 6) is -1.42. The van der Waals surface area contributed by atoms with E-state index in [1.54, 1.807) is 18.3 Å². The van der Waals surface area contributed by atoms with Gasteiger partial charge in [-0.3, -0.25) is 19.1 Å². The second-order valence-corrected chi connectivity index (χ2v) is 11.8. The highest BCUT2D eigenvalue weighted by atomic mass is 32.2. The monoisotopic (exact) mass is 524 g/mol. The molecule has 3 aromatic heterocycles. The van der Waals surface area contributed by atoms with E-state index < -0.39 is 26.9 Å². The van der Waals surface area contributed by atoms with Crippen molar-refractivity contribution in [3.05, 3.63) is 72.0 Å². The summed E-state index contributed by atoms with van der Waals surface area (Å²) in [6, 6.07) is 5.82. The zero-order chi connectivity index (χ0) is 25.9. The summed E-state index contributed by atoms with van der Waals surface area (Å²) in [7, 11) is -1.63. The molecule has 4 heterocycles. The number of hydrogen-bond donors (Lipinski definition) is 2. The summed E-state index contributed by atoms with van der Waals surface area (Å²) >= 11 is 0. The SMILES string of the molecule is C[C@H](c1cn(C)[nH]1)[C@H]1CC=Cc2c(-c3cc(NS(=O)(=O)C4CC4)cc(-c4ncc(F)cc4F)c3)cnn21. The van der Waals surface area contributed by atoms with Crippen LogP contribution in [0, 0.1) is 11.6 Å². The van der Waals surface area contributed by atoms with E-state index in [0.29, 0.717) is 29.7 Å². The Kier molecular flexibility index (Phi) is 5.55. The number of H-pyrrole nitrogens is 1. The Labute approximate surface area is 213 Å². The van der Waals surface area contributed by atoms with Gasteiger partial charge in [-0.25, -0.2) is 17.2 Å². The number of aromatic amines is 1. The van der Waals surface area contributed by atoms with Crippen LogP contribution in [-0.2, 0) is 17.1 Å². The first-order valence-electron chi connectivity index (χ1n) is 12.1. The van der Waals surface area contributed by atoms with Gasteiger partial charge in [-0.2, -0.15) is 5.10 Å². The number of fused-ring (bicyclic) bond motifs is 1. The van der Waals surface area contributed by atoms with E-state index in [9.17, 15) is 17.2 Å². The predicted octanol–water partition coefficient (Wildman–Crippen LogP) is 5.22. The number of benzene rings is 1. The van der Waals surface area contributed by atoms with Gasteiger partial charge in [0, 0.05) is 42.0 Å². The molecule has 0 unspecified atom stereocenters. The number of aryl methyl sites for hydroxylation is 1. The molecule has 1 aliphatic heterocycles. The van der Waals surface area contributed by atoms with Gasteiger partial charge in [0.1, 0.15) is 11.5 Å². The molecule has 0 bridgehead atoms. The van der Waals surface area contributed by atoms with Gasteiger partial charge in [0.2, 0.25) is 10.0 Å². The molecule has 192 valence electrons. The molecule has 2 aliphatic rings. The van der Waals surface area contributed by atoms with E-state index in [4.69, 9.17) is 0 Å². The molecule has 37 heavy (non-hydrogen) atoms. The summed E-state index contributed by atoms with van der Waals surface area (Å²) in [5, 5.41) is 7.54. The normalized spacial score (nSPS) is 18.1. The van der Waals surface area contributed by atoms with Crippen molar-refractivity contribution in [1.82, 2.24) is 24.5 Å². The topological polar surface area (TPSA) is 97.6 Å². The van der Waals surface area contributed by atoms with Gasteiger partial charge >= 0.3 is 0 Å². The lowest BCUT2D eigenvalue weighted by atomic mass is 9.92. The number of nitrogens with zero attached hydrogens (tertiary/aromatic N) is 4. The van der Waals surface area contributed by atoms with Crippen LogP contribution in [-0.4, -0.2) is 38.2 Å². The molecule has 0 saturated heterocycles. The average Bonchev–Trinajstić information content (AvgIpc) is 3.61. The van der Waals surface area contributed by atoms with Gasteiger partial charge in [0.05, 0.1) is 35.1 Å². The van der Waals surface area contributed by atoms with Gasteiger partial charge in [0.15, 0.2) is 5.82 Å². The third kappa shape index (κ3) is 4.37. The van der Waals surface area contributed by atoms with Crippen LogP contribution in [0.3, 0.4) is 0 Å². The fourth-order valence-corrected chi connectivity index (χ4v) is 6.29. The van der Waals surface area contributed by atoms with Crippen LogP contribution < -0.4 is 4.72 Å². The van der Waals surface area contributed by atoms with Gasteiger partial charge in [-0.05, 0) is 49.1 Å². The molecule has 1 aromatic carbocycles. The molecular weight excluding hydrogens is 498 g/mol. The maximum Gasteiger partial charge on any atom is 0.235 e. The summed E-state index contributed by atoms with van der Waals surface area (Å²) in [6.45, 7) is 2.15. The lowest BCUT2D eigenvalue weighted by Crippen LogP contribution is -2.23. The Morgan fingerprint density at radius 3 is 2.59 bits per heavy atom. The molecule has 2 N–H and O–H groups in total. The summed E-state index contributed by atoms with van der Waals surface area (Å²) in [6.07, 6.45) is 10.9. The predicted molar refractivity (Wildman–Crippen MR) is 137 cm³/mol. The maximum atomic E-state index is 14.7. The number of halogens is 2. The number of pyridine rings is 1. The Morgan fingerprint density at radius 2 is 1.89 bits per heavy atom. The molecule has 0 spiro atoms. The van der Waals surface area contributed by atoms with E-state index in [0.717, 1.165) is 35.6 Å². The minimum Gasteiger partial charge on any atom is -0.301 e. The Hall–Kier alpha value is -3.73.